The summed E-state index contributed by atoms with van der Waals surface area (Å²) in [5.41, 5.74) is 14.8. The minimum absolute atomic E-state index is 0.0306. The SMILES string of the molecule is Cc1nc(CC(N)Cc2cnccc2N)cs1. The van der Waals surface area contributed by atoms with Crippen LogP contribution in [0.2, 0.25) is 0 Å². The van der Waals surface area contributed by atoms with Gasteiger partial charge in [-0.2, -0.15) is 0 Å². The molecule has 0 radical (unpaired) electrons. The number of thiazole rings is 1. The third-order valence-corrected chi connectivity index (χ3v) is 3.38. The number of anilines is 1. The first-order valence-corrected chi connectivity index (χ1v) is 6.38. The second-order valence-corrected chi connectivity index (χ2v) is 5.16. The molecule has 0 saturated carbocycles. The zero-order chi connectivity index (χ0) is 12.3. The van der Waals surface area contributed by atoms with Gasteiger partial charge in [-0.25, -0.2) is 4.98 Å². The van der Waals surface area contributed by atoms with E-state index in [9.17, 15) is 0 Å². The van der Waals surface area contributed by atoms with Gasteiger partial charge >= 0.3 is 0 Å². The van der Waals surface area contributed by atoms with Crippen molar-refractivity contribution in [2.45, 2.75) is 25.8 Å². The number of nitrogens with two attached hydrogens (primary N) is 2. The highest BCUT2D eigenvalue weighted by Gasteiger charge is 2.09. The van der Waals surface area contributed by atoms with Gasteiger partial charge in [0.1, 0.15) is 0 Å². The van der Waals surface area contributed by atoms with Gasteiger partial charge in [0, 0.05) is 35.9 Å². The summed E-state index contributed by atoms with van der Waals surface area (Å²) in [6.45, 7) is 2.00. The Balaban J connectivity index is 1.98. The first kappa shape index (κ1) is 12.0. The lowest BCUT2D eigenvalue weighted by atomic mass is 10.0. The fourth-order valence-electron chi connectivity index (χ4n) is 1.73. The van der Waals surface area contributed by atoms with Crippen LogP contribution in [0.25, 0.3) is 0 Å². The van der Waals surface area contributed by atoms with Crippen LogP contribution in [-0.2, 0) is 12.8 Å². The van der Waals surface area contributed by atoms with E-state index in [1.54, 1.807) is 29.8 Å². The highest BCUT2D eigenvalue weighted by molar-refractivity contribution is 7.09. The summed E-state index contributed by atoms with van der Waals surface area (Å²) in [5.74, 6) is 0. The maximum Gasteiger partial charge on any atom is 0.0897 e. The quantitative estimate of drug-likeness (QED) is 0.860. The van der Waals surface area contributed by atoms with Crippen LogP contribution in [0.1, 0.15) is 16.3 Å². The average molecular weight is 248 g/mol. The lowest BCUT2D eigenvalue weighted by Gasteiger charge is -2.11. The van der Waals surface area contributed by atoms with Crippen LogP contribution < -0.4 is 11.5 Å². The summed E-state index contributed by atoms with van der Waals surface area (Å²) in [4.78, 5) is 8.47. The van der Waals surface area contributed by atoms with Crippen LogP contribution in [0, 0.1) is 6.92 Å². The maximum absolute atomic E-state index is 6.10. The fraction of sp³-hybridized carbons (Fsp3) is 0.333. The van der Waals surface area contributed by atoms with E-state index in [4.69, 9.17) is 11.5 Å². The number of nitrogens with zero attached hydrogens (tertiary/aromatic N) is 2. The Morgan fingerprint density at radius 1 is 1.41 bits per heavy atom. The Morgan fingerprint density at radius 2 is 2.24 bits per heavy atom. The molecule has 2 aromatic rings. The molecule has 4 N–H and O–H groups in total. The van der Waals surface area contributed by atoms with Crippen molar-refractivity contribution in [1.29, 1.82) is 0 Å². The summed E-state index contributed by atoms with van der Waals surface area (Å²) in [7, 11) is 0. The molecule has 2 rings (SSSR count). The van der Waals surface area contributed by atoms with Crippen LogP contribution in [0.15, 0.2) is 23.8 Å². The molecule has 0 aliphatic carbocycles. The first-order valence-electron chi connectivity index (χ1n) is 5.50. The van der Waals surface area contributed by atoms with Crippen LogP contribution >= 0.6 is 11.3 Å². The van der Waals surface area contributed by atoms with Gasteiger partial charge in [-0.1, -0.05) is 0 Å². The number of nitrogen functional groups attached to an aromatic ring is 1. The zero-order valence-corrected chi connectivity index (χ0v) is 10.6. The van der Waals surface area contributed by atoms with Gasteiger partial charge in [0.15, 0.2) is 0 Å². The lowest BCUT2D eigenvalue weighted by Crippen LogP contribution is -2.26. The molecular weight excluding hydrogens is 232 g/mol. The summed E-state index contributed by atoms with van der Waals surface area (Å²) >= 11 is 1.65. The molecule has 2 aromatic heterocycles. The fourth-order valence-corrected chi connectivity index (χ4v) is 2.36. The van der Waals surface area contributed by atoms with E-state index in [2.05, 4.69) is 15.3 Å². The first-order chi connectivity index (χ1) is 8.15. The molecule has 5 heteroatoms. The van der Waals surface area contributed by atoms with Crippen molar-refractivity contribution < 1.29 is 0 Å². The Hall–Kier alpha value is -1.46. The molecule has 0 fully saturated rings. The monoisotopic (exact) mass is 248 g/mol. The van der Waals surface area contributed by atoms with Crippen molar-refractivity contribution in [3.63, 3.8) is 0 Å². The predicted octanol–water partition coefficient (Wildman–Crippen LogP) is 1.54. The van der Waals surface area contributed by atoms with Crippen molar-refractivity contribution in [3.8, 4) is 0 Å². The van der Waals surface area contributed by atoms with E-state index >= 15 is 0 Å². The van der Waals surface area contributed by atoms with Gasteiger partial charge in [0.05, 0.1) is 10.7 Å². The van der Waals surface area contributed by atoms with Gasteiger partial charge in [-0.3, -0.25) is 4.98 Å². The van der Waals surface area contributed by atoms with Crippen LogP contribution in [0.3, 0.4) is 0 Å². The van der Waals surface area contributed by atoms with Gasteiger partial charge in [0.2, 0.25) is 0 Å². The van der Waals surface area contributed by atoms with Gasteiger partial charge in [-0.05, 0) is 25.0 Å². The molecule has 1 atom stereocenters. The molecule has 0 aromatic carbocycles. The molecule has 17 heavy (non-hydrogen) atoms. The molecule has 2 heterocycles. The van der Waals surface area contributed by atoms with E-state index in [0.717, 1.165) is 34.8 Å². The number of aryl methyl sites for hydroxylation is 1. The topological polar surface area (TPSA) is 77.8 Å². The molecule has 0 saturated heterocycles. The molecular formula is C12H16N4S. The van der Waals surface area contributed by atoms with Crippen LogP contribution in [0.4, 0.5) is 5.69 Å². The van der Waals surface area contributed by atoms with Gasteiger partial charge in [0.25, 0.3) is 0 Å². The normalized spacial score (nSPS) is 12.6. The minimum atomic E-state index is 0.0306. The van der Waals surface area contributed by atoms with Crippen molar-refractivity contribution in [3.05, 3.63) is 40.1 Å². The van der Waals surface area contributed by atoms with Gasteiger partial charge in [-0.15, -0.1) is 11.3 Å². The lowest BCUT2D eigenvalue weighted by molar-refractivity contribution is 0.655. The number of aromatic nitrogens is 2. The molecule has 0 aliphatic heterocycles. The average Bonchev–Trinajstić information content (AvgIpc) is 2.67. The standard InChI is InChI=1S/C12H16N4S/c1-8-16-11(7-17-8)5-10(13)4-9-6-15-3-2-12(9)14/h2-3,6-7,10H,4-5,13H2,1H3,(H2,14,15). The van der Waals surface area contributed by atoms with E-state index < -0.39 is 0 Å². The van der Waals surface area contributed by atoms with Crippen molar-refractivity contribution in [1.82, 2.24) is 9.97 Å². The maximum atomic E-state index is 6.10. The van der Waals surface area contributed by atoms with E-state index in [-0.39, 0.29) is 6.04 Å². The zero-order valence-electron chi connectivity index (χ0n) is 9.76. The van der Waals surface area contributed by atoms with Crippen molar-refractivity contribution in [2.75, 3.05) is 5.73 Å². The molecule has 0 aliphatic rings. The second kappa shape index (κ2) is 5.25. The Morgan fingerprint density at radius 3 is 2.88 bits per heavy atom. The molecule has 4 nitrogen and oxygen atoms in total. The highest BCUT2D eigenvalue weighted by atomic mass is 32.1. The summed E-state index contributed by atoms with van der Waals surface area (Å²) in [6, 6.07) is 1.83. The summed E-state index contributed by atoms with van der Waals surface area (Å²) in [5, 5.41) is 3.13. The number of hydrogen-bond acceptors (Lipinski definition) is 5. The third-order valence-electron chi connectivity index (χ3n) is 2.56. The van der Waals surface area contributed by atoms with Crippen molar-refractivity contribution in [2.24, 2.45) is 5.73 Å². The highest BCUT2D eigenvalue weighted by Crippen LogP contribution is 2.14. The van der Waals surface area contributed by atoms with Crippen molar-refractivity contribution >= 4 is 17.0 Å². The largest absolute Gasteiger partial charge is 0.398 e. The summed E-state index contributed by atoms with van der Waals surface area (Å²) < 4.78 is 0. The smallest absolute Gasteiger partial charge is 0.0897 e. The Labute approximate surface area is 105 Å². The van der Waals surface area contributed by atoms with Crippen LogP contribution in [-0.4, -0.2) is 16.0 Å². The molecule has 0 bridgehead atoms. The molecule has 1 unspecified atom stereocenters. The number of rotatable bonds is 4. The molecule has 0 amide bonds. The number of hydrogen-bond donors (Lipinski definition) is 2. The van der Waals surface area contributed by atoms with E-state index in [1.807, 2.05) is 6.92 Å². The number of pyridine rings is 1. The van der Waals surface area contributed by atoms with Crippen LogP contribution in [0.5, 0.6) is 0 Å². The molecule has 0 spiro atoms. The van der Waals surface area contributed by atoms with E-state index in [1.165, 1.54) is 0 Å². The third kappa shape index (κ3) is 3.25. The minimum Gasteiger partial charge on any atom is -0.398 e. The summed E-state index contributed by atoms with van der Waals surface area (Å²) in [6.07, 6.45) is 4.98. The van der Waals surface area contributed by atoms with E-state index in [0.29, 0.717) is 0 Å². The Bertz CT molecular complexity index is 495. The van der Waals surface area contributed by atoms with Gasteiger partial charge < -0.3 is 11.5 Å². The molecule has 90 valence electrons. The predicted molar refractivity (Wildman–Crippen MR) is 70.9 cm³/mol. The Kier molecular flexibility index (Phi) is 3.71. The second-order valence-electron chi connectivity index (χ2n) is 4.10.